The largest absolute Gasteiger partial charge is 0.508 e. The zero-order valence-electron chi connectivity index (χ0n) is 5.73. The van der Waals surface area contributed by atoms with Crippen LogP contribution in [0.1, 0.15) is 0 Å². The lowest BCUT2D eigenvalue weighted by Crippen LogP contribution is -1.98. The number of phenolic OH excluding ortho intramolecular Hbond substituents is 1. The monoisotopic (exact) mass is 208 g/mol. The van der Waals surface area contributed by atoms with E-state index < -0.39 is 15.0 Å². The van der Waals surface area contributed by atoms with E-state index >= 15 is 0 Å². The Morgan fingerprint density at radius 3 is 2.33 bits per heavy atom. The highest BCUT2D eigenvalue weighted by molar-refractivity contribution is 7.86. The van der Waals surface area contributed by atoms with Crippen molar-refractivity contribution in [2.45, 2.75) is 4.90 Å². The van der Waals surface area contributed by atoms with Crippen LogP contribution in [0, 0.1) is 0 Å². The molecule has 0 atom stereocenters. The predicted molar refractivity (Wildman–Crippen MR) is 42.9 cm³/mol. The molecule has 0 spiro atoms. The smallest absolute Gasteiger partial charge is 0.296 e. The average molecular weight is 209 g/mol. The first kappa shape index (κ1) is 9.31. The van der Waals surface area contributed by atoms with Crippen molar-refractivity contribution < 1.29 is 18.1 Å². The summed E-state index contributed by atoms with van der Waals surface area (Å²) in [4.78, 5) is -0.496. The number of rotatable bonds is 1. The van der Waals surface area contributed by atoms with Gasteiger partial charge in [-0.2, -0.15) is 8.42 Å². The molecule has 0 saturated heterocycles. The Labute approximate surface area is 74.2 Å². The maximum absolute atomic E-state index is 10.6. The molecule has 0 aliphatic carbocycles. The summed E-state index contributed by atoms with van der Waals surface area (Å²) in [5.74, 6) is -0.271. The summed E-state index contributed by atoms with van der Waals surface area (Å²) < 4.78 is 29.7. The molecule has 0 heterocycles. The maximum atomic E-state index is 10.6. The molecule has 0 amide bonds. The number of hydrogen-bond donors (Lipinski definition) is 2. The summed E-state index contributed by atoms with van der Waals surface area (Å²) in [5, 5.41) is 8.74. The molecule has 4 nitrogen and oxygen atoms in total. The fraction of sp³-hybridized carbons (Fsp3) is 0. The van der Waals surface area contributed by atoms with E-state index in [9.17, 15) is 8.42 Å². The summed E-state index contributed by atoms with van der Waals surface area (Å²) in [7, 11) is -4.35. The molecule has 2 N–H and O–H groups in total. The van der Waals surface area contributed by atoms with E-state index in [4.69, 9.17) is 21.3 Å². The number of benzene rings is 1. The lowest BCUT2D eigenvalue weighted by Gasteiger charge is -1.99. The van der Waals surface area contributed by atoms with Gasteiger partial charge in [0.05, 0.1) is 5.02 Å². The highest BCUT2D eigenvalue weighted by Gasteiger charge is 2.14. The molecule has 0 fully saturated rings. The Hall–Kier alpha value is -0.780. The van der Waals surface area contributed by atoms with Crippen LogP contribution in [-0.2, 0) is 10.1 Å². The van der Waals surface area contributed by atoms with Crippen LogP contribution in [0.3, 0.4) is 0 Å². The van der Waals surface area contributed by atoms with Crippen LogP contribution in [-0.4, -0.2) is 18.1 Å². The van der Waals surface area contributed by atoms with Gasteiger partial charge in [-0.15, -0.1) is 0 Å². The van der Waals surface area contributed by atoms with Gasteiger partial charge >= 0.3 is 0 Å². The van der Waals surface area contributed by atoms with Crippen LogP contribution in [0.25, 0.3) is 0 Å². The van der Waals surface area contributed by atoms with E-state index in [1.54, 1.807) is 0 Å². The first-order valence-corrected chi connectivity index (χ1v) is 4.69. The maximum Gasteiger partial charge on any atom is 0.296 e. The molecule has 0 saturated carbocycles. The van der Waals surface area contributed by atoms with Crippen molar-refractivity contribution in [1.29, 1.82) is 0 Å². The Morgan fingerprint density at radius 2 is 1.92 bits per heavy atom. The second kappa shape index (κ2) is 2.93. The van der Waals surface area contributed by atoms with Gasteiger partial charge in [0.15, 0.2) is 0 Å². The van der Waals surface area contributed by atoms with E-state index in [1.165, 1.54) is 12.1 Å². The normalized spacial score (nSPS) is 11.5. The molecule has 1 aromatic rings. The summed E-state index contributed by atoms with van der Waals surface area (Å²) >= 11 is 5.43. The van der Waals surface area contributed by atoms with Crippen LogP contribution in [0.2, 0.25) is 5.02 Å². The molecule has 0 radical (unpaired) electrons. The van der Waals surface area contributed by atoms with Crippen LogP contribution < -0.4 is 0 Å². The molecular weight excluding hydrogens is 204 g/mol. The van der Waals surface area contributed by atoms with Gasteiger partial charge in [0.2, 0.25) is 0 Å². The Bertz CT molecular complexity index is 398. The van der Waals surface area contributed by atoms with Gasteiger partial charge in [0, 0.05) is 6.07 Å². The van der Waals surface area contributed by atoms with Crippen molar-refractivity contribution >= 4 is 21.7 Å². The molecule has 1 rings (SSSR count). The van der Waals surface area contributed by atoms with Crippen LogP contribution >= 0.6 is 11.6 Å². The first-order chi connectivity index (χ1) is 5.41. The molecule has 0 aliphatic rings. The SMILES string of the molecule is O=S(=O)(O)c1cc(O)ccc1Cl. The highest BCUT2D eigenvalue weighted by atomic mass is 35.5. The van der Waals surface area contributed by atoms with E-state index in [0.717, 1.165) is 6.07 Å². The topological polar surface area (TPSA) is 74.6 Å². The number of phenols is 1. The summed E-state index contributed by atoms with van der Waals surface area (Å²) in [5.41, 5.74) is 0. The standard InChI is InChI=1S/C6H5ClO4S/c7-5-2-1-4(8)3-6(5)12(9,10)11/h1-3,8H,(H,9,10,11). The quantitative estimate of drug-likeness (QED) is 0.682. The zero-order chi connectivity index (χ0) is 9.35. The third-order valence-corrected chi connectivity index (χ3v) is 2.53. The van der Waals surface area contributed by atoms with Gasteiger partial charge in [-0.25, -0.2) is 0 Å². The Kier molecular flexibility index (Phi) is 2.27. The molecule has 12 heavy (non-hydrogen) atoms. The molecule has 0 bridgehead atoms. The van der Waals surface area contributed by atoms with Crippen molar-refractivity contribution in [2.75, 3.05) is 0 Å². The van der Waals surface area contributed by atoms with Crippen LogP contribution in [0.5, 0.6) is 5.75 Å². The first-order valence-electron chi connectivity index (χ1n) is 2.87. The van der Waals surface area contributed by atoms with Gasteiger partial charge in [0.1, 0.15) is 10.6 Å². The fourth-order valence-electron chi connectivity index (χ4n) is 0.690. The molecular formula is C6H5ClO4S. The molecule has 6 heteroatoms. The molecule has 0 unspecified atom stereocenters. The number of aromatic hydroxyl groups is 1. The highest BCUT2D eigenvalue weighted by Crippen LogP contribution is 2.24. The van der Waals surface area contributed by atoms with Crippen LogP contribution in [0.4, 0.5) is 0 Å². The summed E-state index contributed by atoms with van der Waals surface area (Å²) in [6.07, 6.45) is 0. The lowest BCUT2D eigenvalue weighted by molar-refractivity contribution is 0.466. The Balaban J connectivity index is 3.43. The minimum absolute atomic E-state index is 0.129. The predicted octanol–water partition coefficient (Wildman–Crippen LogP) is 1.29. The van der Waals surface area contributed by atoms with Gasteiger partial charge in [-0.1, -0.05) is 11.6 Å². The average Bonchev–Trinajstić information content (AvgIpc) is 1.92. The van der Waals surface area contributed by atoms with E-state index in [2.05, 4.69) is 0 Å². The van der Waals surface area contributed by atoms with Crippen molar-refractivity contribution in [1.82, 2.24) is 0 Å². The molecule has 66 valence electrons. The van der Waals surface area contributed by atoms with Gasteiger partial charge in [-0.05, 0) is 12.1 Å². The second-order valence-corrected chi connectivity index (χ2v) is 3.89. The fourth-order valence-corrected chi connectivity index (χ4v) is 1.68. The van der Waals surface area contributed by atoms with Gasteiger partial charge in [0.25, 0.3) is 10.1 Å². The van der Waals surface area contributed by atoms with E-state index in [-0.39, 0.29) is 10.8 Å². The third-order valence-electron chi connectivity index (χ3n) is 1.19. The minimum Gasteiger partial charge on any atom is -0.508 e. The van der Waals surface area contributed by atoms with Crippen molar-refractivity contribution in [3.63, 3.8) is 0 Å². The lowest BCUT2D eigenvalue weighted by atomic mass is 10.3. The third kappa shape index (κ3) is 1.88. The van der Waals surface area contributed by atoms with Crippen molar-refractivity contribution in [3.8, 4) is 5.75 Å². The number of halogens is 1. The van der Waals surface area contributed by atoms with E-state index in [0.29, 0.717) is 0 Å². The van der Waals surface area contributed by atoms with Crippen LogP contribution in [0.15, 0.2) is 23.1 Å². The Morgan fingerprint density at radius 1 is 1.33 bits per heavy atom. The molecule has 1 aromatic carbocycles. The molecule has 0 aliphatic heterocycles. The van der Waals surface area contributed by atoms with Gasteiger partial charge < -0.3 is 5.11 Å². The minimum atomic E-state index is -4.35. The summed E-state index contributed by atoms with van der Waals surface area (Å²) in [6, 6.07) is 3.27. The summed E-state index contributed by atoms with van der Waals surface area (Å²) in [6.45, 7) is 0. The van der Waals surface area contributed by atoms with Gasteiger partial charge in [-0.3, -0.25) is 4.55 Å². The van der Waals surface area contributed by atoms with Crippen molar-refractivity contribution in [3.05, 3.63) is 23.2 Å². The second-order valence-electron chi connectivity index (χ2n) is 2.09. The van der Waals surface area contributed by atoms with E-state index in [1.807, 2.05) is 0 Å². The zero-order valence-corrected chi connectivity index (χ0v) is 7.30. The number of hydrogen-bond acceptors (Lipinski definition) is 3. The molecule has 0 aromatic heterocycles. The van der Waals surface area contributed by atoms with Crippen molar-refractivity contribution in [2.24, 2.45) is 0 Å².